The first kappa shape index (κ1) is 16.8. The molecule has 2 aromatic rings. The standard InChI is InChI=1S/C16H11N5O2S/c1-24(22,23)20-14-2-4-15(5-3-14)21-7-6-12(11-21)16(10-19)13(8-17)9-18/h2-7,11,20H,1H3. The van der Waals surface area contributed by atoms with Crippen molar-refractivity contribution in [3.8, 4) is 23.9 Å². The van der Waals surface area contributed by atoms with Gasteiger partial charge >= 0.3 is 0 Å². The molecule has 0 atom stereocenters. The molecule has 0 saturated heterocycles. The van der Waals surface area contributed by atoms with Gasteiger partial charge < -0.3 is 4.57 Å². The molecule has 0 saturated carbocycles. The third-order valence-electron chi connectivity index (χ3n) is 3.04. The van der Waals surface area contributed by atoms with E-state index in [-0.39, 0.29) is 11.1 Å². The van der Waals surface area contributed by atoms with Crippen LogP contribution in [0.1, 0.15) is 5.56 Å². The lowest BCUT2D eigenvalue weighted by Crippen LogP contribution is -2.09. The van der Waals surface area contributed by atoms with Crippen molar-refractivity contribution in [2.75, 3.05) is 11.0 Å². The maximum absolute atomic E-state index is 11.2. The fourth-order valence-corrected chi connectivity index (χ4v) is 2.59. The van der Waals surface area contributed by atoms with Gasteiger partial charge in [-0.3, -0.25) is 4.72 Å². The highest BCUT2D eigenvalue weighted by molar-refractivity contribution is 7.92. The second kappa shape index (κ2) is 6.70. The summed E-state index contributed by atoms with van der Waals surface area (Å²) in [6.45, 7) is 0. The Labute approximate surface area is 139 Å². The number of rotatable bonds is 4. The van der Waals surface area contributed by atoms with Crippen LogP contribution in [0.25, 0.3) is 11.3 Å². The summed E-state index contributed by atoms with van der Waals surface area (Å²) in [5.41, 5.74) is 1.38. The average molecular weight is 337 g/mol. The topological polar surface area (TPSA) is 122 Å². The van der Waals surface area contributed by atoms with E-state index in [1.54, 1.807) is 59.4 Å². The number of anilines is 1. The Balaban J connectivity index is 2.36. The minimum absolute atomic E-state index is 0.00844. The highest BCUT2D eigenvalue weighted by Crippen LogP contribution is 2.21. The SMILES string of the molecule is CS(=O)(=O)Nc1ccc(-n2ccc(C(C#N)=C(C#N)C#N)c2)cc1. The van der Waals surface area contributed by atoms with Crippen LogP contribution in [0.5, 0.6) is 0 Å². The van der Waals surface area contributed by atoms with Crippen LogP contribution in [0.4, 0.5) is 5.69 Å². The maximum atomic E-state index is 11.2. The van der Waals surface area contributed by atoms with E-state index in [0.29, 0.717) is 11.3 Å². The lowest BCUT2D eigenvalue weighted by Gasteiger charge is -2.06. The quantitative estimate of drug-likeness (QED) is 0.857. The Morgan fingerprint density at radius 3 is 2.17 bits per heavy atom. The fraction of sp³-hybridized carbons (Fsp3) is 0.0625. The lowest BCUT2D eigenvalue weighted by atomic mass is 10.1. The molecule has 0 unspecified atom stereocenters. The summed E-state index contributed by atoms with van der Waals surface area (Å²) < 4.78 is 26.4. The number of aromatic nitrogens is 1. The zero-order chi connectivity index (χ0) is 17.7. The van der Waals surface area contributed by atoms with Gasteiger partial charge in [0.15, 0.2) is 0 Å². The number of nitrogens with one attached hydrogen (secondary N) is 1. The highest BCUT2D eigenvalue weighted by atomic mass is 32.2. The molecule has 1 aromatic heterocycles. The van der Waals surface area contributed by atoms with Crippen LogP contribution in [0.3, 0.4) is 0 Å². The molecule has 24 heavy (non-hydrogen) atoms. The molecule has 2 rings (SSSR count). The molecular formula is C16H11N5O2S. The normalized spacial score (nSPS) is 10.1. The Morgan fingerprint density at radius 2 is 1.67 bits per heavy atom. The van der Waals surface area contributed by atoms with Gasteiger partial charge in [-0.1, -0.05) is 0 Å². The maximum Gasteiger partial charge on any atom is 0.229 e. The molecule has 0 aliphatic carbocycles. The zero-order valence-electron chi connectivity index (χ0n) is 12.6. The van der Waals surface area contributed by atoms with E-state index in [0.717, 1.165) is 11.9 Å². The average Bonchev–Trinajstić information content (AvgIpc) is 3.01. The van der Waals surface area contributed by atoms with Gasteiger partial charge in [-0.15, -0.1) is 0 Å². The van der Waals surface area contributed by atoms with Gasteiger partial charge in [0.2, 0.25) is 10.0 Å². The van der Waals surface area contributed by atoms with Gasteiger partial charge in [0.05, 0.1) is 11.8 Å². The molecule has 118 valence electrons. The van der Waals surface area contributed by atoms with Gasteiger partial charge in [-0.05, 0) is 30.3 Å². The van der Waals surface area contributed by atoms with Crippen LogP contribution in [-0.2, 0) is 10.0 Å². The van der Waals surface area contributed by atoms with E-state index < -0.39 is 10.0 Å². The van der Waals surface area contributed by atoms with E-state index in [1.807, 2.05) is 6.07 Å². The Kier molecular flexibility index (Phi) is 4.70. The molecular weight excluding hydrogens is 326 g/mol. The molecule has 0 aliphatic heterocycles. The molecule has 0 fully saturated rings. The van der Waals surface area contributed by atoms with Gasteiger partial charge in [0.25, 0.3) is 0 Å². The minimum Gasteiger partial charge on any atom is -0.323 e. The summed E-state index contributed by atoms with van der Waals surface area (Å²) in [6.07, 6.45) is 4.36. The van der Waals surface area contributed by atoms with Crippen LogP contribution < -0.4 is 4.72 Å². The molecule has 0 bridgehead atoms. The number of hydrogen-bond donors (Lipinski definition) is 1. The summed E-state index contributed by atoms with van der Waals surface area (Å²) >= 11 is 0. The monoisotopic (exact) mass is 337 g/mol. The van der Waals surface area contributed by atoms with Gasteiger partial charge in [-0.25, -0.2) is 8.42 Å². The molecule has 1 N–H and O–H groups in total. The lowest BCUT2D eigenvalue weighted by molar-refractivity contribution is 0.607. The number of benzene rings is 1. The summed E-state index contributed by atoms with van der Waals surface area (Å²) in [7, 11) is -3.34. The first-order valence-corrected chi connectivity index (χ1v) is 8.48. The van der Waals surface area contributed by atoms with Crippen molar-refractivity contribution in [2.45, 2.75) is 0 Å². The Morgan fingerprint density at radius 1 is 1.04 bits per heavy atom. The van der Waals surface area contributed by atoms with Crippen molar-refractivity contribution < 1.29 is 8.42 Å². The van der Waals surface area contributed by atoms with Crippen molar-refractivity contribution in [3.05, 3.63) is 53.9 Å². The molecule has 1 heterocycles. The number of allylic oxidation sites excluding steroid dienone is 2. The summed E-state index contributed by atoms with van der Waals surface area (Å²) in [4.78, 5) is 0. The summed E-state index contributed by atoms with van der Waals surface area (Å²) in [6, 6.07) is 13.5. The van der Waals surface area contributed by atoms with Gasteiger partial charge in [0, 0.05) is 29.3 Å². The smallest absolute Gasteiger partial charge is 0.229 e. The molecule has 0 amide bonds. The molecule has 1 aromatic carbocycles. The molecule has 0 aliphatic rings. The van der Waals surface area contributed by atoms with Crippen molar-refractivity contribution in [2.24, 2.45) is 0 Å². The van der Waals surface area contributed by atoms with Gasteiger partial charge in [-0.2, -0.15) is 15.8 Å². The third kappa shape index (κ3) is 3.80. The summed E-state index contributed by atoms with van der Waals surface area (Å²) in [5.74, 6) is 0. The number of nitrogens with zero attached hydrogens (tertiary/aromatic N) is 4. The number of hydrogen-bond acceptors (Lipinski definition) is 5. The van der Waals surface area contributed by atoms with Crippen LogP contribution in [0.2, 0.25) is 0 Å². The predicted octanol–water partition coefficient (Wildman–Crippen LogP) is 2.17. The Hall–Kier alpha value is -3.54. The first-order chi connectivity index (χ1) is 11.4. The van der Waals surface area contributed by atoms with E-state index in [1.165, 1.54) is 0 Å². The first-order valence-electron chi connectivity index (χ1n) is 6.59. The molecule has 0 spiro atoms. The van der Waals surface area contributed by atoms with Crippen LogP contribution in [-0.4, -0.2) is 19.2 Å². The highest BCUT2D eigenvalue weighted by Gasteiger charge is 2.11. The second-order valence-electron chi connectivity index (χ2n) is 4.81. The van der Waals surface area contributed by atoms with Crippen LogP contribution >= 0.6 is 0 Å². The zero-order valence-corrected chi connectivity index (χ0v) is 13.4. The fourth-order valence-electron chi connectivity index (χ4n) is 2.02. The summed E-state index contributed by atoms with van der Waals surface area (Å²) in [5, 5.41) is 26.9. The van der Waals surface area contributed by atoms with Crippen molar-refractivity contribution in [1.29, 1.82) is 15.8 Å². The molecule has 8 heteroatoms. The second-order valence-corrected chi connectivity index (χ2v) is 6.56. The van der Waals surface area contributed by atoms with Crippen molar-refractivity contribution >= 4 is 21.3 Å². The van der Waals surface area contributed by atoms with E-state index >= 15 is 0 Å². The van der Waals surface area contributed by atoms with Gasteiger partial charge in [0.1, 0.15) is 23.8 Å². The minimum atomic E-state index is -3.34. The van der Waals surface area contributed by atoms with E-state index in [2.05, 4.69) is 4.72 Å². The third-order valence-corrected chi connectivity index (χ3v) is 3.64. The van der Waals surface area contributed by atoms with E-state index in [4.69, 9.17) is 15.8 Å². The Bertz CT molecular complexity index is 1010. The van der Waals surface area contributed by atoms with Crippen molar-refractivity contribution in [3.63, 3.8) is 0 Å². The predicted molar refractivity (Wildman–Crippen MR) is 88.0 cm³/mol. The van der Waals surface area contributed by atoms with Crippen LogP contribution in [0.15, 0.2) is 48.3 Å². The molecule has 7 nitrogen and oxygen atoms in total. The number of sulfonamides is 1. The largest absolute Gasteiger partial charge is 0.323 e. The van der Waals surface area contributed by atoms with Crippen molar-refractivity contribution in [1.82, 2.24) is 4.57 Å². The number of nitriles is 3. The van der Waals surface area contributed by atoms with Crippen LogP contribution in [0, 0.1) is 34.0 Å². The van der Waals surface area contributed by atoms with E-state index in [9.17, 15) is 8.42 Å². The molecule has 0 radical (unpaired) electrons.